The Balaban J connectivity index is 1.63. The molecule has 1 aliphatic rings. The maximum atomic E-state index is 11.6. The molecule has 0 saturated carbocycles. The molecule has 5 heteroatoms. The number of anilines is 2. The number of carbonyl (C=O) groups is 1. The fourth-order valence-electron chi connectivity index (χ4n) is 2.33. The fraction of sp³-hybridized carbons (Fsp3) is 0.188. The summed E-state index contributed by atoms with van der Waals surface area (Å²) in [4.78, 5) is 13.3. The average Bonchev–Trinajstić information content (AvgIpc) is 2.92. The van der Waals surface area contributed by atoms with Crippen LogP contribution >= 0.6 is 11.6 Å². The second-order valence-corrected chi connectivity index (χ2v) is 5.35. The highest BCUT2D eigenvalue weighted by molar-refractivity contribution is 6.30. The van der Waals surface area contributed by atoms with E-state index in [0.717, 1.165) is 22.0 Å². The molecule has 2 amide bonds. The molecular weight excluding hydrogens is 286 g/mol. The van der Waals surface area contributed by atoms with Crippen molar-refractivity contribution in [3.8, 4) is 0 Å². The van der Waals surface area contributed by atoms with Crippen LogP contribution in [-0.4, -0.2) is 19.1 Å². The number of rotatable bonds is 4. The summed E-state index contributed by atoms with van der Waals surface area (Å²) < 4.78 is 0. The van der Waals surface area contributed by atoms with E-state index in [9.17, 15) is 4.79 Å². The molecule has 2 N–H and O–H groups in total. The third-order valence-electron chi connectivity index (χ3n) is 3.42. The van der Waals surface area contributed by atoms with E-state index in [0.29, 0.717) is 19.6 Å². The van der Waals surface area contributed by atoms with E-state index in [1.807, 2.05) is 48.5 Å². The van der Waals surface area contributed by atoms with Gasteiger partial charge in [-0.25, -0.2) is 4.79 Å². The van der Waals surface area contributed by atoms with Crippen molar-refractivity contribution in [3.63, 3.8) is 0 Å². The first-order valence-electron chi connectivity index (χ1n) is 6.86. The van der Waals surface area contributed by atoms with Crippen molar-refractivity contribution in [1.29, 1.82) is 0 Å². The molecule has 0 unspecified atom stereocenters. The van der Waals surface area contributed by atoms with Crippen LogP contribution in [0, 0.1) is 0 Å². The zero-order valence-corrected chi connectivity index (χ0v) is 12.2. The Labute approximate surface area is 128 Å². The molecule has 3 rings (SSSR count). The smallest absolute Gasteiger partial charge is 0.321 e. The monoisotopic (exact) mass is 301 g/mol. The van der Waals surface area contributed by atoms with Gasteiger partial charge in [-0.1, -0.05) is 23.7 Å². The van der Waals surface area contributed by atoms with Crippen LogP contribution in [0.3, 0.4) is 0 Å². The van der Waals surface area contributed by atoms with Gasteiger partial charge in [0.05, 0.1) is 0 Å². The molecule has 1 heterocycles. The zero-order chi connectivity index (χ0) is 14.7. The lowest BCUT2D eigenvalue weighted by Crippen LogP contribution is -2.27. The Morgan fingerprint density at radius 3 is 2.67 bits per heavy atom. The lowest BCUT2D eigenvalue weighted by molar-refractivity contribution is 0.252. The molecule has 0 radical (unpaired) electrons. The van der Waals surface area contributed by atoms with E-state index in [4.69, 9.17) is 11.6 Å². The summed E-state index contributed by atoms with van der Waals surface area (Å²) in [7, 11) is 0. The third kappa shape index (κ3) is 3.28. The molecule has 0 spiro atoms. The van der Waals surface area contributed by atoms with Crippen molar-refractivity contribution in [3.05, 3.63) is 59.1 Å². The highest BCUT2D eigenvalue weighted by Gasteiger charge is 2.20. The molecule has 2 aromatic rings. The van der Waals surface area contributed by atoms with Crippen LogP contribution in [0.25, 0.3) is 0 Å². The van der Waals surface area contributed by atoms with Gasteiger partial charge in [0.15, 0.2) is 0 Å². The first-order chi connectivity index (χ1) is 10.2. The topological polar surface area (TPSA) is 44.4 Å². The second kappa shape index (κ2) is 6.06. The average molecular weight is 302 g/mol. The molecule has 4 nitrogen and oxygen atoms in total. The molecule has 21 heavy (non-hydrogen) atoms. The highest BCUT2D eigenvalue weighted by atomic mass is 35.5. The summed E-state index contributed by atoms with van der Waals surface area (Å²) in [6.45, 7) is 2.13. The summed E-state index contributed by atoms with van der Waals surface area (Å²) in [6, 6.07) is 15.6. The molecule has 0 bridgehead atoms. The van der Waals surface area contributed by atoms with Crippen molar-refractivity contribution in [2.45, 2.75) is 6.54 Å². The Bertz CT molecular complexity index is 642. The molecular formula is C16H16ClN3O. The molecule has 0 aromatic heterocycles. The summed E-state index contributed by atoms with van der Waals surface area (Å²) in [5.41, 5.74) is 3.06. The Morgan fingerprint density at radius 2 is 2.00 bits per heavy atom. The summed E-state index contributed by atoms with van der Waals surface area (Å²) >= 11 is 5.96. The number of urea groups is 1. The van der Waals surface area contributed by atoms with Crippen molar-refractivity contribution in [1.82, 2.24) is 5.32 Å². The number of amides is 2. The minimum atomic E-state index is -0.0327. The molecule has 1 fully saturated rings. The summed E-state index contributed by atoms with van der Waals surface area (Å²) in [5, 5.41) is 6.87. The zero-order valence-electron chi connectivity index (χ0n) is 11.5. The van der Waals surface area contributed by atoms with Crippen LogP contribution < -0.4 is 15.5 Å². The van der Waals surface area contributed by atoms with Gasteiger partial charge in [0.25, 0.3) is 0 Å². The number of hydrogen-bond acceptors (Lipinski definition) is 2. The predicted molar refractivity (Wildman–Crippen MR) is 86.0 cm³/mol. The SMILES string of the molecule is O=C1NCCN1c1ccc(NCc2cccc(Cl)c2)cc1. The van der Waals surface area contributed by atoms with Crippen molar-refractivity contribution in [2.75, 3.05) is 23.3 Å². The molecule has 0 atom stereocenters. The number of nitrogens with zero attached hydrogens (tertiary/aromatic N) is 1. The van der Waals surface area contributed by atoms with E-state index in [1.165, 1.54) is 0 Å². The predicted octanol–water partition coefficient (Wildman–Crippen LogP) is 3.48. The molecule has 108 valence electrons. The molecule has 1 saturated heterocycles. The largest absolute Gasteiger partial charge is 0.381 e. The van der Waals surface area contributed by atoms with E-state index >= 15 is 0 Å². The van der Waals surface area contributed by atoms with Crippen LogP contribution in [0.2, 0.25) is 5.02 Å². The third-order valence-corrected chi connectivity index (χ3v) is 3.66. The van der Waals surface area contributed by atoms with Crippen LogP contribution in [0.5, 0.6) is 0 Å². The normalized spacial score (nSPS) is 14.1. The van der Waals surface area contributed by atoms with Gasteiger partial charge in [-0.3, -0.25) is 4.90 Å². The first-order valence-corrected chi connectivity index (χ1v) is 7.24. The fourth-order valence-corrected chi connectivity index (χ4v) is 2.54. The number of halogens is 1. The molecule has 2 aromatic carbocycles. The van der Waals surface area contributed by atoms with E-state index in [2.05, 4.69) is 10.6 Å². The van der Waals surface area contributed by atoms with E-state index < -0.39 is 0 Å². The number of benzene rings is 2. The van der Waals surface area contributed by atoms with Crippen molar-refractivity contribution < 1.29 is 4.79 Å². The van der Waals surface area contributed by atoms with Gasteiger partial charge in [0, 0.05) is 36.0 Å². The lowest BCUT2D eigenvalue weighted by Gasteiger charge is -2.15. The molecule has 0 aliphatic carbocycles. The molecule has 1 aliphatic heterocycles. The van der Waals surface area contributed by atoms with Gasteiger partial charge < -0.3 is 10.6 Å². The van der Waals surface area contributed by atoms with Gasteiger partial charge in [-0.15, -0.1) is 0 Å². The van der Waals surface area contributed by atoms with Crippen LogP contribution in [0.1, 0.15) is 5.56 Å². The van der Waals surface area contributed by atoms with Crippen LogP contribution in [0.15, 0.2) is 48.5 Å². The van der Waals surface area contributed by atoms with Crippen LogP contribution in [0.4, 0.5) is 16.2 Å². The summed E-state index contributed by atoms with van der Waals surface area (Å²) in [5.74, 6) is 0. The van der Waals surface area contributed by atoms with Gasteiger partial charge in [0.1, 0.15) is 0 Å². The first kappa shape index (κ1) is 13.8. The summed E-state index contributed by atoms with van der Waals surface area (Å²) in [6.07, 6.45) is 0. The van der Waals surface area contributed by atoms with Gasteiger partial charge in [0.2, 0.25) is 0 Å². The quantitative estimate of drug-likeness (QED) is 0.908. The van der Waals surface area contributed by atoms with E-state index in [1.54, 1.807) is 4.90 Å². The van der Waals surface area contributed by atoms with Gasteiger partial charge in [-0.2, -0.15) is 0 Å². The maximum Gasteiger partial charge on any atom is 0.321 e. The number of carbonyl (C=O) groups excluding carboxylic acids is 1. The van der Waals surface area contributed by atoms with E-state index in [-0.39, 0.29) is 6.03 Å². The van der Waals surface area contributed by atoms with Gasteiger partial charge >= 0.3 is 6.03 Å². The standard InChI is InChI=1S/C16H16ClN3O/c17-13-3-1-2-12(10-13)11-19-14-4-6-15(7-5-14)20-9-8-18-16(20)21/h1-7,10,19H,8-9,11H2,(H,18,21). The minimum Gasteiger partial charge on any atom is -0.381 e. The van der Waals surface area contributed by atoms with Crippen LogP contribution in [-0.2, 0) is 6.54 Å². The minimum absolute atomic E-state index is 0.0327. The van der Waals surface area contributed by atoms with Crippen molar-refractivity contribution >= 4 is 29.0 Å². The van der Waals surface area contributed by atoms with Crippen molar-refractivity contribution in [2.24, 2.45) is 0 Å². The Morgan fingerprint density at radius 1 is 1.19 bits per heavy atom. The Kier molecular flexibility index (Phi) is 3.97. The Hall–Kier alpha value is -2.20. The number of hydrogen-bond donors (Lipinski definition) is 2. The maximum absolute atomic E-state index is 11.6. The number of nitrogens with one attached hydrogen (secondary N) is 2. The highest BCUT2D eigenvalue weighted by Crippen LogP contribution is 2.20. The second-order valence-electron chi connectivity index (χ2n) is 4.91. The van der Waals surface area contributed by atoms with Gasteiger partial charge in [-0.05, 0) is 42.0 Å². The lowest BCUT2D eigenvalue weighted by atomic mass is 10.2.